The maximum atomic E-state index is 13.9. The van der Waals surface area contributed by atoms with Crippen molar-refractivity contribution in [3.05, 3.63) is 68.5 Å². The third-order valence-electron chi connectivity index (χ3n) is 4.10. The maximum absolute atomic E-state index is 13.9. The number of nitrogens with zero attached hydrogens (tertiary/aromatic N) is 2. The lowest BCUT2D eigenvalue weighted by atomic mass is 10.1. The van der Waals surface area contributed by atoms with E-state index < -0.39 is 40.2 Å². The van der Waals surface area contributed by atoms with Gasteiger partial charge >= 0.3 is 0 Å². The number of carbonyl (C=O) groups excluding carboxylic acids is 3. The molecule has 2 aromatic rings. The molecule has 2 aromatic carbocycles. The Labute approximate surface area is 156 Å². The van der Waals surface area contributed by atoms with Crippen molar-refractivity contribution < 1.29 is 23.7 Å². The molecule has 3 rings (SSSR count). The SMILES string of the molecule is CC(C(=O)Nc1cccc(Cl)c1F)N1C(=O)c2cccc([N+](=O)[O-])c2C1=O. The highest BCUT2D eigenvalue weighted by Gasteiger charge is 2.44. The Morgan fingerprint density at radius 3 is 2.56 bits per heavy atom. The molecule has 1 unspecified atom stereocenters. The summed E-state index contributed by atoms with van der Waals surface area (Å²) in [7, 11) is 0. The Morgan fingerprint density at radius 1 is 1.22 bits per heavy atom. The summed E-state index contributed by atoms with van der Waals surface area (Å²) >= 11 is 5.65. The molecule has 1 aliphatic rings. The number of fused-ring (bicyclic) bond motifs is 1. The van der Waals surface area contributed by atoms with Gasteiger partial charge in [0.25, 0.3) is 17.5 Å². The van der Waals surface area contributed by atoms with Crippen molar-refractivity contribution in [2.24, 2.45) is 0 Å². The summed E-state index contributed by atoms with van der Waals surface area (Å²) in [5.41, 5.74) is -1.28. The Morgan fingerprint density at radius 2 is 1.89 bits per heavy atom. The number of hydrogen-bond donors (Lipinski definition) is 1. The first-order valence-electron chi connectivity index (χ1n) is 7.64. The van der Waals surface area contributed by atoms with Gasteiger partial charge in [-0.1, -0.05) is 23.7 Å². The van der Waals surface area contributed by atoms with E-state index in [0.29, 0.717) is 4.90 Å². The first kappa shape index (κ1) is 18.5. The molecular weight excluding hydrogens is 381 g/mol. The summed E-state index contributed by atoms with van der Waals surface area (Å²) in [6, 6.07) is 6.27. The number of nitro benzene ring substituents is 1. The summed E-state index contributed by atoms with van der Waals surface area (Å²) in [4.78, 5) is 48.5. The first-order valence-corrected chi connectivity index (χ1v) is 8.02. The molecule has 10 heteroatoms. The lowest BCUT2D eigenvalue weighted by Gasteiger charge is -2.21. The van der Waals surface area contributed by atoms with Gasteiger partial charge < -0.3 is 5.32 Å². The molecule has 1 aliphatic heterocycles. The largest absolute Gasteiger partial charge is 0.322 e. The predicted octanol–water partition coefficient (Wildman–Crippen LogP) is 3.01. The van der Waals surface area contributed by atoms with Crippen LogP contribution < -0.4 is 5.32 Å². The second-order valence-corrected chi connectivity index (χ2v) is 6.11. The minimum atomic E-state index is -1.34. The number of nitro groups is 1. The van der Waals surface area contributed by atoms with E-state index in [1.807, 2.05) is 0 Å². The van der Waals surface area contributed by atoms with E-state index in [-0.39, 0.29) is 21.8 Å². The standard InChI is InChI=1S/C17H11ClFN3O5/c1-8(15(23)20-11-6-3-5-10(18)14(11)19)21-16(24)9-4-2-7-12(22(26)27)13(9)17(21)25/h2-8H,1H3,(H,20,23). The fourth-order valence-corrected chi connectivity index (χ4v) is 2.92. The van der Waals surface area contributed by atoms with Gasteiger partial charge in [-0.2, -0.15) is 0 Å². The molecule has 0 fully saturated rings. The van der Waals surface area contributed by atoms with Crippen LogP contribution in [0.15, 0.2) is 36.4 Å². The zero-order valence-corrected chi connectivity index (χ0v) is 14.5. The van der Waals surface area contributed by atoms with Gasteiger partial charge in [0.15, 0.2) is 5.82 Å². The molecule has 0 aromatic heterocycles. The molecule has 0 aliphatic carbocycles. The third-order valence-corrected chi connectivity index (χ3v) is 4.39. The van der Waals surface area contributed by atoms with Crippen LogP contribution in [-0.4, -0.2) is 33.6 Å². The fourth-order valence-electron chi connectivity index (χ4n) is 2.74. The number of rotatable bonds is 4. The molecule has 138 valence electrons. The topological polar surface area (TPSA) is 110 Å². The van der Waals surface area contributed by atoms with Gasteiger partial charge in [0.1, 0.15) is 11.6 Å². The van der Waals surface area contributed by atoms with Crippen LogP contribution in [0.5, 0.6) is 0 Å². The van der Waals surface area contributed by atoms with Gasteiger partial charge in [-0.25, -0.2) is 4.39 Å². The number of nitrogens with one attached hydrogen (secondary N) is 1. The molecular formula is C17H11ClFN3O5. The zero-order valence-electron chi connectivity index (χ0n) is 13.7. The van der Waals surface area contributed by atoms with E-state index in [0.717, 1.165) is 6.07 Å². The van der Waals surface area contributed by atoms with Crippen molar-refractivity contribution >= 4 is 40.7 Å². The van der Waals surface area contributed by atoms with Crippen LogP contribution in [0.4, 0.5) is 15.8 Å². The van der Waals surface area contributed by atoms with Crippen LogP contribution in [0.25, 0.3) is 0 Å². The Balaban J connectivity index is 1.90. The molecule has 1 atom stereocenters. The Bertz CT molecular complexity index is 1010. The van der Waals surface area contributed by atoms with Crippen molar-refractivity contribution in [2.45, 2.75) is 13.0 Å². The Kier molecular flexibility index (Phi) is 4.63. The van der Waals surface area contributed by atoms with Gasteiger partial charge in [-0.3, -0.25) is 29.4 Å². The number of hydrogen-bond acceptors (Lipinski definition) is 5. The van der Waals surface area contributed by atoms with E-state index in [2.05, 4.69) is 5.32 Å². The van der Waals surface area contributed by atoms with Crippen molar-refractivity contribution in [2.75, 3.05) is 5.32 Å². The zero-order chi connectivity index (χ0) is 19.9. The quantitative estimate of drug-likeness (QED) is 0.489. The first-order chi connectivity index (χ1) is 12.7. The van der Waals surface area contributed by atoms with Gasteiger partial charge in [-0.15, -0.1) is 0 Å². The monoisotopic (exact) mass is 391 g/mol. The van der Waals surface area contributed by atoms with Crippen molar-refractivity contribution in [1.29, 1.82) is 0 Å². The average Bonchev–Trinajstić information content (AvgIpc) is 2.89. The summed E-state index contributed by atoms with van der Waals surface area (Å²) in [6.07, 6.45) is 0. The van der Waals surface area contributed by atoms with Gasteiger partial charge in [0.2, 0.25) is 5.91 Å². The summed E-state index contributed by atoms with van der Waals surface area (Å²) < 4.78 is 13.9. The highest BCUT2D eigenvalue weighted by molar-refractivity contribution is 6.31. The van der Waals surface area contributed by atoms with Gasteiger partial charge in [-0.05, 0) is 25.1 Å². The van der Waals surface area contributed by atoms with Crippen LogP contribution in [0.3, 0.4) is 0 Å². The normalized spacial score (nSPS) is 14.1. The molecule has 8 nitrogen and oxygen atoms in total. The van der Waals surface area contributed by atoms with Gasteiger partial charge in [0.05, 0.1) is 21.2 Å². The maximum Gasteiger partial charge on any atom is 0.282 e. The molecule has 0 bridgehead atoms. The predicted molar refractivity (Wildman–Crippen MR) is 93.1 cm³/mol. The average molecular weight is 392 g/mol. The summed E-state index contributed by atoms with van der Waals surface area (Å²) in [5.74, 6) is -3.52. The molecule has 27 heavy (non-hydrogen) atoms. The van der Waals surface area contributed by atoms with Crippen LogP contribution in [0, 0.1) is 15.9 Å². The van der Waals surface area contributed by atoms with Gasteiger partial charge in [0, 0.05) is 6.07 Å². The van der Waals surface area contributed by atoms with Crippen LogP contribution >= 0.6 is 11.6 Å². The molecule has 3 amide bonds. The van der Waals surface area contributed by atoms with Crippen LogP contribution in [0.1, 0.15) is 27.6 Å². The molecule has 1 heterocycles. The number of amides is 3. The third kappa shape index (κ3) is 3.02. The molecule has 0 saturated heterocycles. The number of imide groups is 1. The molecule has 1 N–H and O–H groups in total. The highest BCUT2D eigenvalue weighted by atomic mass is 35.5. The van der Waals surface area contributed by atoms with Crippen molar-refractivity contribution in [3.8, 4) is 0 Å². The number of carbonyl (C=O) groups is 3. The number of anilines is 1. The fraction of sp³-hybridized carbons (Fsp3) is 0.118. The minimum Gasteiger partial charge on any atom is -0.322 e. The molecule has 0 saturated carbocycles. The smallest absolute Gasteiger partial charge is 0.282 e. The lowest BCUT2D eigenvalue weighted by molar-refractivity contribution is -0.385. The number of halogens is 2. The molecule has 0 spiro atoms. The Hall–Kier alpha value is -3.33. The van der Waals surface area contributed by atoms with Crippen molar-refractivity contribution in [3.63, 3.8) is 0 Å². The highest BCUT2D eigenvalue weighted by Crippen LogP contribution is 2.32. The second-order valence-electron chi connectivity index (χ2n) is 5.70. The van der Waals surface area contributed by atoms with E-state index in [1.165, 1.54) is 37.3 Å². The molecule has 0 radical (unpaired) electrons. The van der Waals surface area contributed by atoms with E-state index in [4.69, 9.17) is 11.6 Å². The second kappa shape index (κ2) is 6.76. The van der Waals surface area contributed by atoms with Crippen LogP contribution in [-0.2, 0) is 4.79 Å². The summed E-state index contributed by atoms with van der Waals surface area (Å²) in [5, 5.41) is 13.2. The lowest BCUT2D eigenvalue weighted by Crippen LogP contribution is -2.45. The van der Waals surface area contributed by atoms with E-state index in [1.54, 1.807) is 0 Å². The van der Waals surface area contributed by atoms with E-state index >= 15 is 0 Å². The number of benzene rings is 2. The van der Waals surface area contributed by atoms with E-state index in [9.17, 15) is 28.9 Å². The van der Waals surface area contributed by atoms with Crippen LogP contribution in [0.2, 0.25) is 5.02 Å². The van der Waals surface area contributed by atoms with Crippen molar-refractivity contribution in [1.82, 2.24) is 4.90 Å². The minimum absolute atomic E-state index is 0.164. The summed E-state index contributed by atoms with van der Waals surface area (Å²) in [6.45, 7) is 1.26.